The molecule has 20 heavy (non-hydrogen) atoms. The summed E-state index contributed by atoms with van der Waals surface area (Å²) in [6.07, 6.45) is 3.57. The number of benzene rings is 1. The molecule has 108 valence electrons. The first-order valence-electron chi connectivity index (χ1n) is 6.76. The summed E-state index contributed by atoms with van der Waals surface area (Å²) in [4.78, 5) is 24.7. The van der Waals surface area contributed by atoms with Gasteiger partial charge in [0.25, 0.3) is 11.6 Å². The lowest BCUT2D eigenvalue weighted by Gasteiger charge is -2.32. The van der Waals surface area contributed by atoms with E-state index in [1.165, 1.54) is 25.3 Å². The fraction of sp³-hybridized carbons (Fsp3) is 0.500. The zero-order valence-corrected chi connectivity index (χ0v) is 12.9. The van der Waals surface area contributed by atoms with Crippen molar-refractivity contribution in [1.82, 2.24) is 4.90 Å². The summed E-state index contributed by atoms with van der Waals surface area (Å²) in [5.41, 5.74) is 0.288. The maximum absolute atomic E-state index is 12.5. The molecule has 1 aromatic carbocycles. The number of halogens is 1. The lowest BCUT2D eigenvalue weighted by Crippen LogP contribution is -2.37. The molecule has 0 unspecified atom stereocenters. The van der Waals surface area contributed by atoms with E-state index in [-0.39, 0.29) is 16.1 Å². The van der Waals surface area contributed by atoms with Gasteiger partial charge in [0.2, 0.25) is 0 Å². The Morgan fingerprint density at radius 3 is 2.70 bits per heavy atom. The standard InChI is InChI=1S/C14H17BrN2O3/c1-2-16(9-10-5-3-6-10)14(18)11-7-4-8-12(13(11)15)17(19)20/h4,7-8,10H,2-3,5-6,9H2,1H3. The van der Waals surface area contributed by atoms with Gasteiger partial charge >= 0.3 is 0 Å². The van der Waals surface area contributed by atoms with Crippen molar-refractivity contribution < 1.29 is 9.72 Å². The van der Waals surface area contributed by atoms with Crippen LogP contribution in [-0.4, -0.2) is 28.8 Å². The summed E-state index contributed by atoms with van der Waals surface area (Å²) < 4.78 is 0.266. The van der Waals surface area contributed by atoms with Gasteiger partial charge in [-0.15, -0.1) is 0 Å². The smallest absolute Gasteiger partial charge is 0.284 e. The van der Waals surface area contributed by atoms with Crippen LogP contribution in [0.25, 0.3) is 0 Å². The number of carbonyl (C=O) groups is 1. The topological polar surface area (TPSA) is 63.5 Å². The van der Waals surface area contributed by atoms with Gasteiger partial charge in [-0.05, 0) is 47.7 Å². The average Bonchev–Trinajstić information content (AvgIpc) is 2.37. The molecule has 6 heteroatoms. The van der Waals surface area contributed by atoms with Gasteiger partial charge in [-0.1, -0.05) is 12.5 Å². The summed E-state index contributed by atoms with van der Waals surface area (Å²) in [6.45, 7) is 3.29. The van der Waals surface area contributed by atoms with E-state index in [9.17, 15) is 14.9 Å². The molecule has 1 aromatic rings. The molecule has 0 atom stereocenters. The van der Waals surface area contributed by atoms with E-state index < -0.39 is 4.92 Å². The lowest BCUT2D eigenvalue weighted by molar-refractivity contribution is -0.385. The van der Waals surface area contributed by atoms with Crippen molar-refractivity contribution in [2.75, 3.05) is 13.1 Å². The molecule has 0 heterocycles. The molecule has 0 N–H and O–H groups in total. The van der Waals surface area contributed by atoms with E-state index in [2.05, 4.69) is 15.9 Å². The molecule has 0 aromatic heterocycles. The second kappa shape index (κ2) is 6.35. The third kappa shape index (κ3) is 3.00. The van der Waals surface area contributed by atoms with Crippen LogP contribution in [0, 0.1) is 16.0 Å². The van der Waals surface area contributed by atoms with Crippen LogP contribution in [0.5, 0.6) is 0 Å². The van der Waals surface area contributed by atoms with Crippen molar-refractivity contribution in [3.63, 3.8) is 0 Å². The van der Waals surface area contributed by atoms with Crippen LogP contribution < -0.4 is 0 Å². The van der Waals surface area contributed by atoms with Gasteiger partial charge < -0.3 is 4.90 Å². The number of nitrogens with zero attached hydrogens (tertiary/aromatic N) is 2. The highest BCUT2D eigenvalue weighted by molar-refractivity contribution is 9.10. The SMILES string of the molecule is CCN(CC1CCC1)C(=O)c1cccc([N+](=O)[O-])c1Br. The number of nitro groups is 1. The Morgan fingerprint density at radius 1 is 1.50 bits per heavy atom. The molecule has 1 amide bonds. The highest BCUT2D eigenvalue weighted by Gasteiger charge is 2.26. The zero-order chi connectivity index (χ0) is 14.7. The molecule has 1 fully saturated rings. The first kappa shape index (κ1) is 15.0. The van der Waals surface area contributed by atoms with E-state index in [0.29, 0.717) is 18.0 Å². The minimum absolute atomic E-state index is 0.0736. The quantitative estimate of drug-likeness (QED) is 0.607. The van der Waals surface area contributed by atoms with Crippen LogP contribution in [0.2, 0.25) is 0 Å². The van der Waals surface area contributed by atoms with Gasteiger partial charge in [0.15, 0.2) is 0 Å². The second-order valence-corrected chi connectivity index (χ2v) is 5.83. The first-order chi connectivity index (χ1) is 9.54. The van der Waals surface area contributed by atoms with Crippen molar-refractivity contribution in [3.05, 3.63) is 38.3 Å². The van der Waals surface area contributed by atoms with Crippen LogP contribution in [0.15, 0.2) is 22.7 Å². The highest BCUT2D eigenvalue weighted by atomic mass is 79.9. The second-order valence-electron chi connectivity index (χ2n) is 5.04. The van der Waals surface area contributed by atoms with Gasteiger partial charge in [-0.3, -0.25) is 14.9 Å². The Balaban J connectivity index is 2.22. The third-order valence-electron chi connectivity index (χ3n) is 3.78. The molecule has 0 aliphatic heterocycles. The van der Waals surface area contributed by atoms with Crippen LogP contribution in [0.4, 0.5) is 5.69 Å². The monoisotopic (exact) mass is 340 g/mol. The van der Waals surface area contributed by atoms with Crippen molar-refractivity contribution >= 4 is 27.5 Å². The minimum Gasteiger partial charge on any atom is -0.339 e. The number of nitro benzene ring substituents is 1. The van der Waals surface area contributed by atoms with E-state index in [1.807, 2.05) is 6.92 Å². The molecule has 0 spiro atoms. The fourth-order valence-electron chi connectivity index (χ4n) is 2.34. The normalized spacial score (nSPS) is 14.7. The van der Waals surface area contributed by atoms with Crippen LogP contribution >= 0.6 is 15.9 Å². The summed E-state index contributed by atoms with van der Waals surface area (Å²) in [5, 5.41) is 10.9. The molecule has 0 saturated heterocycles. The predicted molar refractivity (Wildman–Crippen MR) is 79.7 cm³/mol. The third-order valence-corrected chi connectivity index (χ3v) is 4.61. The molecule has 2 rings (SSSR count). The highest BCUT2D eigenvalue weighted by Crippen LogP contribution is 2.31. The van der Waals surface area contributed by atoms with Gasteiger partial charge in [-0.2, -0.15) is 0 Å². The Hall–Kier alpha value is -1.43. The van der Waals surface area contributed by atoms with Crippen LogP contribution in [-0.2, 0) is 0 Å². The molecular weight excluding hydrogens is 324 g/mol. The Morgan fingerprint density at radius 2 is 2.20 bits per heavy atom. The fourth-order valence-corrected chi connectivity index (χ4v) is 2.92. The van der Waals surface area contributed by atoms with Crippen molar-refractivity contribution in [1.29, 1.82) is 0 Å². The van der Waals surface area contributed by atoms with Gasteiger partial charge in [0, 0.05) is 19.2 Å². The number of amides is 1. The zero-order valence-electron chi connectivity index (χ0n) is 11.3. The number of rotatable bonds is 5. The van der Waals surface area contributed by atoms with Crippen LogP contribution in [0.3, 0.4) is 0 Å². The minimum atomic E-state index is -0.483. The first-order valence-corrected chi connectivity index (χ1v) is 7.56. The van der Waals surface area contributed by atoms with Crippen molar-refractivity contribution in [2.24, 2.45) is 5.92 Å². The molecule has 0 bridgehead atoms. The maximum atomic E-state index is 12.5. The maximum Gasteiger partial charge on any atom is 0.284 e. The number of hydrogen-bond acceptors (Lipinski definition) is 3. The largest absolute Gasteiger partial charge is 0.339 e. The van der Waals surface area contributed by atoms with Crippen molar-refractivity contribution in [2.45, 2.75) is 26.2 Å². The van der Waals surface area contributed by atoms with E-state index in [1.54, 1.807) is 17.0 Å². The van der Waals surface area contributed by atoms with Crippen molar-refractivity contribution in [3.8, 4) is 0 Å². The molecule has 1 aliphatic rings. The van der Waals surface area contributed by atoms with Gasteiger partial charge in [0.05, 0.1) is 10.5 Å². The van der Waals surface area contributed by atoms with E-state index in [4.69, 9.17) is 0 Å². The predicted octanol–water partition coefficient (Wildman–Crippen LogP) is 3.62. The molecule has 1 saturated carbocycles. The summed E-state index contributed by atoms with van der Waals surface area (Å²) in [5.74, 6) is 0.436. The average molecular weight is 341 g/mol. The summed E-state index contributed by atoms with van der Waals surface area (Å²) >= 11 is 3.19. The van der Waals surface area contributed by atoms with Gasteiger partial charge in [-0.25, -0.2) is 0 Å². The molecule has 0 radical (unpaired) electrons. The van der Waals surface area contributed by atoms with E-state index >= 15 is 0 Å². The van der Waals surface area contributed by atoms with Crippen LogP contribution in [0.1, 0.15) is 36.5 Å². The molecule has 1 aliphatic carbocycles. The summed E-state index contributed by atoms with van der Waals surface area (Å²) in [6, 6.07) is 4.57. The Labute approximate surface area is 126 Å². The Bertz CT molecular complexity index is 529. The molecule has 5 nitrogen and oxygen atoms in total. The molecular formula is C14H17BrN2O3. The Kier molecular flexibility index (Phi) is 4.75. The number of carbonyl (C=O) groups excluding carboxylic acids is 1. The number of hydrogen-bond donors (Lipinski definition) is 0. The summed E-state index contributed by atoms with van der Waals surface area (Å²) in [7, 11) is 0. The van der Waals surface area contributed by atoms with E-state index in [0.717, 1.165) is 6.54 Å². The van der Waals surface area contributed by atoms with Gasteiger partial charge in [0.1, 0.15) is 4.47 Å². The lowest BCUT2D eigenvalue weighted by atomic mass is 9.85.